The predicted molar refractivity (Wildman–Crippen MR) is 128 cm³/mol. The lowest BCUT2D eigenvalue weighted by atomic mass is 10.1. The molecule has 0 aromatic heterocycles. The van der Waals surface area contributed by atoms with Crippen molar-refractivity contribution in [1.29, 1.82) is 0 Å². The Morgan fingerprint density at radius 3 is 2.10 bits per heavy atom. The van der Waals surface area contributed by atoms with E-state index < -0.39 is 0 Å². The minimum absolute atomic E-state index is 0.272. The Morgan fingerprint density at radius 1 is 0.806 bits per heavy atom. The number of carbonyl (C=O) groups is 2. The van der Waals surface area contributed by atoms with E-state index in [9.17, 15) is 9.59 Å². The molecule has 0 spiro atoms. The molecule has 0 aliphatic carbocycles. The Morgan fingerprint density at radius 2 is 1.45 bits per heavy atom. The van der Waals surface area contributed by atoms with E-state index in [4.69, 9.17) is 11.6 Å². The SMILES string of the molecule is Cc1ccc(NC2=C(Sc3ccc(Cl)cc3)C(=O)N(c3ccc(C)cc3C)C2=O)cc1. The van der Waals surface area contributed by atoms with Crippen molar-refractivity contribution in [2.24, 2.45) is 0 Å². The molecule has 0 atom stereocenters. The summed E-state index contributed by atoms with van der Waals surface area (Å²) in [5.74, 6) is -0.708. The van der Waals surface area contributed by atoms with E-state index in [0.29, 0.717) is 15.6 Å². The van der Waals surface area contributed by atoms with Crippen LogP contribution >= 0.6 is 23.4 Å². The van der Waals surface area contributed by atoms with Crippen LogP contribution in [0.4, 0.5) is 11.4 Å². The molecule has 156 valence electrons. The van der Waals surface area contributed by atoms with Crippen molar-refractivity contribution in [3.8, 4) is 0 Å². The zero-order chi connectivity index (χ0) is 22.1. The van der Waals surface area contributed by atoms with Gasteiger partial charge in [-0.1, -0.05) is 58.8 Å². The fourth-order valence-electron chi connectivity index (χ4n) is 3.39. The molecule has 3 aromatic rings. The first kappa shape index (κ1) is 21.2. The molecule has 0 saturated carbocycles. The second-order valence-corrected chi connectivity index (χ2v) is 9.01. The molecule has 0 unspecified atom stereocenters. The minimum Gasteiger partial charge on any atom is -0.350 e. The van der Waals surface area contributed by atoms with Crippen molar-refractivity contribution in [3.63, 3.8) is 0 Å². The standard InChI is InChI=1S/C25H21ClN2O2S/c1-15-4-9-19(10-5-15)27-22-23(31-20-11-7-18(26)8-12-20)25(30)28(24(22)29)21-13-6-16(2)14-17(21)3/h4-14,27H,1-3H3. The molecule has 1 aliphatic rings. The van der Waals surface area contributed by atoms with Crippen molar-refractivity contribution < 1.29 is 9.59 Å². The van der Waals surface area contributed by atoms with E-state index >= 15 is 0 Å². The lowest BCUT2D eigenvalue weighted by Gasteiger charge is -2.18. The number of nitrogens with zero attached hydrogens (tertiary/aromatic N) is 1. The van der Waals surface area contributed by atoms with Crippen molar-refractivity contribution in [2.75, 3.05) is 10.2 Å². The highest BCUT2D eigenvalue weighted by molar-refractivity contribution is 8.04. The molecule has 31 heavy (non-hydrogen) atoms. The lowest BCUT2D eigenvalue weighted by molar-refractivity contribution is -0.120. The molecule has 0 bridgehead atoms. The van der Waals surface area contributed by atoms with Gasteiger partial charge in [0.15, 0.2) is 0 Å². The first-order valence-corrected chi connectivity index (χ1v) is 11.0. The fourth-order valence-corrected chi connectivity index (χ4v) is 4.44. The van der Waals surface area contributed by atoms with Crippen molar-refractivity contribution >= 4 is 46.6 Å². The average Bonchev–Trinajstić information content (AvgIpc) is 2.96. The van der Waals surface area contributed by atoms with E-state index in [1.165, 1.54) is 16.7 Å². The zero-order valence-corrected chi connectivity index (χ0v) is 19.0. The third kappa shape index (κ3) is 4.38. The third-order valence-corrected chi connectivity index (χ3v) is 6.33. The van der Waals surface area contributed by atoms with Gasteiger partial charge >= 0.3 is 0 Å². The van der Waals surface area contributed by atoms with Crippen LogP contribution in [0.5, 0.6) is 0 Å². The maximum atomic E-state index is 13.4. The number of hydrogen-bond acceptors (Lipinski definition) is 4. The smallest absolute Gasteiger partial charge is 0.283 e. The number of nitrogens with one attached hydrogen (secondary N) is 1. The summed E-state index contributed by atoms with van der Waals surface area (Å²) in [6.07, 6.45) is 0. The molecule has 0 radical (unpaired) electrons. The van der Waals surface area contributed by atoms with Crippen LogP contribution in [0.25, 0.3) is 0 Å². The van der Waals surface area contributed by atoms with Gasteiger partial charge in [-0.3, -0.25) is 9.59 Å². The molecular formula is C25H21ClN2O2S. The van der Waals surface area contributed by atoms with Gasteiger partial charge in [-0.15, -0.1) is 0 Å². The summed E-state index contributed by atoms with van der Waals surface area (Å²) in [4.78, 5) is 29.3. The number of amides is 2. The normalized spacial score (nSPS) is 13.9. The Hall–Kier alpha value is -3.02. The number of rotatable bonds is 5. The summed E-state index contributed by atoms with van der Waals surface area (Å²) in [7, 11) is 0. The highest BCUT2D eigenvalue weighted by Crippen LogP contribution is 2.39. The Bertz CT molecular complexity index is 1130. The van der Waals surface area contributed by atoms with E-state index in [1.54, 1.807) is 12.1 Å². The number of halogens is 1. The number of benzene rings is 3. The van der Waals surface area contributed by atoms with Crippen LogP contribution in [0.15, 0.2) is 82.2 Å². The number of carbonyl (C=O) groups excluding carboxylic acids is 2. The van der Waals surface area contributed by atoms with Gasteiger partial charge in [-0.05, 0) is 68.8 Å². The van der Waals surface area contributed by atoms with Crippen molar-refractivity contribution in [2.45, 2.75) is 25.7 Å². The van der Waals surface area contributed by atoms with E-state index in [2.05, 4.69) is 5.32 Å². The summed E-state index contributed by atoms with van der Waals surface area (Å²) >= 11 is 7.26. The van der Waals surface area contributed by atoms with Crippen LogP contribution in [0.3, 0.4) is 0 Å². The van der Waals surface area contributed by atoms with Crippen LogP contribution < -0.4 is 10.2 Å². The maximum Gasteiger partial charge on any atom is 0.283 e. The molecule has 0 fully saturated rings. The molecule has 3 aromatic carbocycles. The fraction of sp³-hybridized carbons (Fsp3) is 0.120. The third-order valence-electron chi connectivity index (χ3n) is 4.99. The van der Waals surface area contributed by atoms with Gasteiger partial charge in [0, 0.05) is 15.6 Å². The average molecular weight is 449 g/mol. The Labute approximate surface area is 190 Å². The van der Waals surface area contributed by atoms with E-state index in [1.807, 2.05) is 75.4 Å². The largest absolute Gasteiger partial charge is 0.350 e. The van der Waals surface area contributed by atoms with Crippen LogP contribution in [0.2, 0.25) is 5.02 Å². The minimum atomic E-state index is -0.367. The number of thioether (sulfide) groups is 1. The summed E-state index contributed by atoms with van der Waals surface area (Å²) in [6.45, 7) is 5.88. The van der Waals surface area contributed by atoms with Gasteiger partial charge < -0.3 is 5.32 Å². The summed E-state index contributed by atoms with van der Waals surface area (Å²) < 4.78 is 0. The van der Waals surface area contributed by atoms with E-state index in [0.717, 1.165) is 27.3 Å². The number of anilines is 2. The summed E-state index contributed by atoms with van der Waals surface area (Å²) in [5.41, 5.74) is 4.67. The van der Waals surface area contributed by atoms with E-state index in [-0.39, 0.29) is 17.5 Å². The maximum absolute atomic E-state index is 13.4. The predicted octanol–water partition coefficient (Wildman–Crippen LogP) is 6.25. The highest BCUT2D eigenvalue weighted by atomic mass is 35.5. The zero-order valence-electron chi connectivity index (χ0n) is 17.4. The van der Waals surface area contributed by atoms with Gasteiger partial charge in [0.25, 0.3) is 11.8 Å². The summed E-state index contributed by atoms with van der Waals surface area (Å²) in [6, 6.07) is 20.6. The van der Waals surface area contributed by atoms with Crippen LogP contribution in [0.1, 0.15) is 16.7 Å². The monoisotopic (exact) mass is 448 g/mol. The second-order valence-electron chi connectivity index (χ2n) is 7.49. The molecule has 1 N–H and O–H groups in total. The van der Waals surface area contributed by atoms with Crippen molar-refractivity contribution in [3.05, 3.63) is 99.0 Å². The highest BCUT2D eigenvalue weighted by Gasteiger charge is 2.40. The number of hydrogen-bond donors (Lipinski definition) is 1. The van der Waals surface area contributed by atoms with Crippen LogP contribution in [-0.4, -0.2) is 11.8 Å². The van der Waals surface area contributed by atoms with Gasteiger partial charge in [0.1, 0.15) is 10.6 Å². The molecule has 0 saturated heterocycles. The van der Waals surface area contributed by atoms with Crippen molar-refractivity contribution in [1.82, 2.24) is 0 Å². The molecule has 1 heterocycles. The number of aryl methyl sites for hydroxylation is 3. The Kier molecular flexibility index (Phi) is 5.90. The molecule has 4 nitrogen and oxygen atoms in total. The van der Waals surface area contributed by atoms with Gasteiger partial charge in [-0.2, -0.15) is 0 Å². The second kappa shape index (κ2) is 8.61. The Balaban J connectivity index is 1.76. The van der Waals surface area contributed by atoms with Gasteiger partial charge in [0.2, 0.25) is 0 Å². The molecule has 1 aliphatic heterocycles. The molecule has 4 rings (SSSR count). The summed E-state index contributed by atoms with van der Waals surface area (Å²) in [5, 5.41) is 3.79. The lowest BCUT2D eigenvalue weighted by Crippen LogP contribution is -2.33. The first-order valence-electron chi connectivity index (χ1n) is 9.81. The number of imide groups is 1. The van der Waals surface area contributed by atoms with Gasteiger partial charge in [-0.25, -0.2) is 4.90 Å². The topological polar surface area (TPSA) is 49.4 Å². The van der Waals surface area contributed by atoms with Crippen LogP contribution in [0, 0.1) is 20.8 Å². The quantitative estimate of drug-likeness (QED) is 0.468. The van der Waals surface area contributed by atoms with Crippen LogP contribution in [-0.2, 0) is 9.59 Å². The first-order chi connectivity index (χ1) is 14.8. The van der Waals surface area contributed by atoms with Gasteiger partial charge in [0.05, 0.1) is 5.69 Å². The molecule has 6 heteroatoms. The molecule has 2 amide bonds. The molecular weight excluding hydrogens is 428 g/mol.